The first-order valence-electron chi connectivity index (χ1n) is 7.73. The van der Waals surface area contributed by atoms with E-state index in [1.165, 1.54) is 0 Å². The molecule has 0 unspecified atom stereocenters. The van der Waals surface area contributed by atoms with Crippen LogP contribution in [0.15, 0.2) is 0 Å². The van der Waals surface area contributed by atoms with Crippen LogP contribution >= 0.6 is 0 Å². The number of carbonyl (C=O) groups excluding carboxylic acids is 2. The Kier molecular flexibility index (Phi) is 6.95. The minimum Gasteiger partial charge on any atom is -0.444 e. The number of nitrogens with zero attached hydrogens (tertiary/aromatic N) is 1. The summed E-state index contributed by atoms with van der Waals surface area (Å²) in [5.41, 5.74) is -0.478. The molecule has 0 aliphatic carbocycles. The molecule has 1 aliphatic heterocycles. The highest BCUT2D eigenvalue weighted by Gasteiger charge is 2.25. The first-order chi connectivity index (χ1) is 9.81. The van der Waals surface area contributed by atoms with E-state index in [4.69, 9.17) is 4.74 Å². The number of hydrogen-bond acceptors (Lipinski definition) is 4. The van der Waals surface area contributed by atoms with Gasteiger partial charge in [0.25, 0.3) is 0 Å². The maximum atomic E-state index is 12.0. The van der Waals surface area contributed by atoms with Gasteiger partial charge in [0.2, 0.25) is 5.91 Å². The van der Waals surface area contributed by atoms with Gasteiger partial charge in [0.1, 0.15) is 5.60 Å². The number of alkyl carbamates (subject to hydrolysis) is 1. The van der Waals surface area contributed by atoms with E-state index in [1.54, 1.807) is 0 Å². The Morgan fingerprint density at radius 2 is 1.86 bits per heavy atom. The third-order valence-corrected chi connectivity index (χ3v) is 3.39. The zero-order chi connectivity index (χ0) is 15.9. The number of ether oxygens (including phenoxy) is 1. The maximum Gasteiger partial charge on any atom is 0.407 e. The van der Waals surface area contributed by atoms with Crippen LogP contribution in [0.1, 0.15) is 46.5 Å². The van der Waals surface area contributed by atoms with Gasteiger partial charge in [-0.1, -0.05) is 0 Å². The van der Waals surface area contributed by atoms with Gasteiger partial charge in [-0.05, 0) is 53.6 Å². The first-order valence-corrected chi connectivity index (χ1v) is 7.73. The van der Waals surface area contributed by atoms with E-state index in [-0.39, 0.29) is 18.0 Å². The average molecular weight is 299 g/mol. The Balaban J connectivity index is 2.25. The second kappa shape index (κ2) is 8.22. The van der Waals surface area contributed by atoms with E-state index in [9.17, 15) is 9.59 Å². The normalized spacial score (nSPS) is 16.7. The van der Waals surface area contributed by atoms with Crippen molar-refractivity contribution < 1.29 is 14.3 Å². The smallest absolute Gasteiger partial charge is 0.407 e. The lowest BCUT2D eigenvalue weighted by molar-refractivity contribution is -0.132. The van der Waals surface area contributed by atoms with E-state index in [0.717, 1.165) is 25.8 Å². The highest BCUT2D eigenvalue weighted by molar-refractivity contribution is 5.76. The highest BCUT2D eigenvalue weighted by atomic mass is 16.6. The molecule has 122 valence electrons. The van der Waals surface area contributed by atoms with Gasteiger partial charge < -0.3 is 20.3 Å². The number of nitrogens with one attached hydrogen (secondary N) is 2. The Bertz CT molecular complexity index is 345. The molecule has 1 rings (SSSR count). The molecule has 1 aliphatic rings. The molecule has 2 amide bonds. The topological polar surface area (TPSA) is 70.7 Å². The third kappa shape index (κ3) is 7.32. The zero-order valence-corrected chi connectivity index (χ0v) is 13.7. The summed E-state index contributed by atoms with van der Waals surface area (Å²) < 4.78 is 5.24. The van der Waals surface area contributed by atoms with Crippen molar-refractivity contribution in [1.82, 2.24) is 15.5 Å². The van der Waals surface area contributed by atoms with Crippen LogP contribution in [0, 0.1) is 0 Å². The Hall–Kier alpha value is -1.30. The lowest BCUT2D eigenvalue weighted by atomic mass is 10.0. The Morgan fingerprint density at radius 3 is 2.38 bits per heavy atom. The molecule has 0 spiro atoms. The van der Waals surface area contributed by atoms with E-state index in [2.05, 4.69) is 10.6 Å². The van der Waals surface area contributed by atoms with Crippen LogP contribution < -0.4 is 10.6 Å². The number of carbonyl (C=O) groups is 2. The highest BCUT2D eigenvalue weighted by Crippen LogP contribution is 2.13. The van der Waals surface area contributed by atoms with E-state index in [0.29, 0.717) is 19.5 Å². The van der Waals surface area contributed by atoms with Crippen molar-refractivity contribution in [2.75, 3.05) is 26.7 Å². The molecule has 0 aromatic heterocycles. The molecule has 0 radical (unpaired) electrons. The fourth-order valence-electron chi connectivity index (χ4n) is 2.32. The summed E-state index contributed by atoms with van der Waals surface area (Å²) in [5.74, 6) is 0.209. The molecule has 0 saturated carbocycles. The van der Waals surface area contributed by atoms with Crippen molar-refractivity contribution in [2.45, 2.75) is 58.1 Å². The minimum absolute atomic E-state index is 0.0983. The predicted octanol–water partition coefficient (Wildman–Crippen LogP) is 1.50. The van der Waals surface area contributed by atoms with Crippen LogP contribution in [-0.4, -0.2) is 55.2 Å². The second-order valence-electron chi connectivity index (χ2n) is 6.51. The first kappa shape index (κ1) is 17.8. The van der Waals surface area contributed by atoms with Crippen molar-refractivity contribution in [2.24, 2.45) is 0 Å². The van der Waals surface area contributed by atoms with Gasteiger partial charge in [-0.25, -0.2) is 4.79 Å². The number of hydrogen-bond donors (Lipinski definition) is 2. The van der Waals surface area contributed by atoms with Crippen LogP contribution in [0.5, 0.6) is 0 Å². The van der Waals surface area contributed by atoms with Crippen molar-refractivity contribution in [3.8, 4) is 0 Å². The number of amides is 2. The van der Waals surface area contributed by atoms with Crippen LogP contribution in [-0.2, 0) is 9.53 Å². The zero-order valence-electron chi connectivity index (χ0n) is 13.7. The summed E-state index contributed by atoms with van der Waals surface area (Å²) in [5, 5.41) is 5.92. The van der Waals surface area contributed by atoms with Crippen LogP contribution in [0.2, 0.25) is 0 Å². The summed E-state index contributed by atoms with van der Waals surface area (Å²) >= 11 is 0. The molecule has 6 heteroatoms. The lowest BCUT2D eigenvalue weighted by Crippen LogP contribution is -2.47. The molecular weight excluding hydrogens is 270 g/mol. The summed E-state index contributed by atoms with van der Waals surface area (Å²) in [7, 11) is 1.89. The van der Waals surface area contributed by atoms with Gasteiger partial charge >= 0.3 is 6.09 Å². The monoisotopic (exact) mass is 299 g/mol. The molecular formula is C15H29N3O3. The van der Waals surface area contributed by atoms with Crippen LogP contribution in [0.3, 0.4) is 0 Å². The van der Waals surface area contributed by atoms with Crippen molar-refractivity contribution in [3.05, 3.63) is 0 Å². The van der Waals surface area contributed by atoms with Crippen LogP contribution in [0.4, 0.5) is 4.79 Å². The molecule has 0 aromatic carbocycles. The molecule has 1 saturated heterocycles. The maximum absolute atomic E-state index is 12.0. The summed E-state index contributed by atoms with van der Waals surface area (Å²) in [6, 6.07) is 0.0983. The summed E-state index contributed by atoms with van der Waals surface area (Å²) in [6.07, 6.45) is 2.66. The molecule has 0 bridgehead atoms. The third-order valence-electron chi connectivity index (χ3n) is 3.39. The molecule has 2 N–H and O–H groups in total. The average Bonchev–Trinajstić information content (AvgIpc) is 2.37. The molecule has 0 aromatic rings. The molecule has 1 fully saturated rings. The quantitative estimate of drug-likeness (QED) is 0.755. The standard InChI is InChI=1S/C15H29N3O3/c1-15(2,3)21-14(20)17-12-7-10-18(11-8-12)13(19)6-5-9-16-4/h12,16H,5-11H2,1-4H3,(H,17,20). The summed E-state index contributed by atoms with van der Waals surface area (Å²) in [6.45, 7) is 7.82. The fraction of sp³-hybridized carbons (Fsp3) is 0.867. The van der Waals surface area contributed by atoms with Gasteiger partial charge in [0.05, 0.1) is 0 Å². The van der Waals surface area contributed by atoms with Crippen molar-refractivity contribution in [1.29, 1.82) is 0 Å². The largest absolute Gasteiger partial charge is 0.444 e. The van der Waals surface area contributed by atoms with E-state index >= 15 is 0 Å². The van der Waals surface area contributed by atoms with Gasteiger partial charge in [0.15, 0.2) is 0 Å². The number of rotatable bonds is 5. The SMILES string of the molecule is CNCCCC(=O)N1CCC(NC(=O)OC(C)(C)C)CC1. The Labute approximate surface area is 127 Å². The molecule has 6 nitrogen and oxygen atoms in total. The molecule has 0 atom stereocenters. The predicted molar refractivity (Wildman–Crippen MR) is 82.1 cm³/mol. The second-order valence-corrected chi connectivity index (χ2v) is 6.51. The van der Waals surface area contributed by atoms with Gasteiger partial charge in [-0.2, -0.15) is 0 Å². The lowest BCUT2D eigenvalue weighted by Gasteiger charge is -2.33. The van der Waals surface area contributed by atoms with E-state index in [1.807, 2.05) is 32.7 Å². The van der Waals surface area contributed by atoms with Gasteiger partial charge in [-0.15, -0.1) is 0 Å². The summed E-state index contributed by atoms with van der Waals surface area (Å²) in [4.78, 5) is 25.6. The van der Waals surface area contributed by atoms with Crippen LogP contribution in [0.25, 0.3) is 0 Å². The molecule has 1 heterocycles. The van der Waals surface area contributed by atoms with E-state index < -0.39 is 5.60 Å². The number of likely N-dealkylation sites (tertiary alicyclic amines) is 1. The number of piperidine rings is 1. The van der Waals surface area contributed by atoms with Crippen molar-refractivity contribution >= 4 is 12.0 Å². The van der Waals surface area contributed by atoms with Gasteiger partial charge in [-0.3, -0.25) is 4.79 Å². The van der Waals surface area contributed by atoms with Crippen molar-refractivity contribution in [3.63, 3.8) is 0 Å². The molecule has 21 heavy (non-hydrogen) atoms. The Morgan fingerprint density at radius 1 is 1.24 bits per heavy atom. The fourth-order valence-corrected chi connectivity index (χ4v) is 2.32. The van der Waals surface area contributed by atoms with Gasteiger partial charge in [0, 0.05) is 25.6 Å². The minimum atomic E-state index is -0.478.